The zero-order valence-corrected chi connectivity index (χ0v) is 13.0. The van der Waals surface area contributed by atoms with Crippen LogP contribution < -0.4 is 15.2 Å². The number of benzene rings is 2. The Morgan fingerprint density at radius 1 is 1.05 bits per heavy atom. The molecule has 2 aromatic rings. The maximum atomic E-state index is 9.84. The second-order valence-electron chi connectivity index (χ2n) is 4.27. The van der Waals surface area contributed by atoms with Gasteiger partial charge in [-0.1, -0.05) is 18.2 Å². The number of aliphatic hydroxyl groups is 1. The van der Waals surface area contributed by atoms with Gasteiger partial charge < -0.3 is 20.3 Å². The summed E-state index contributed by atoms with van der Waals surface area (Å²) in [5, 5.41) is 9.84. The van der Waals surface area contributed by atoms with Crippen LogP contribution in [-0.4, -0.2) is 24.4 Å². The fraction of sp³-hybridized carbons (Fsp3) is 0.200. The van der Waals surface area contributed by atoms with E-state index in [9.17, 15) is 5.11 Å². The molecular formula is C15H16INO3. The summed E-state index contributed by atoms with van der Waals surface area (Å²) in [5.41, 5.74) is 6.30. The third-order valence-corrected chi connectivity index (χ3v) is 3.26. The van der Waals surface area contributed by atoms with E-state index in [2.05, 4.69) is 22.6 Å². The molecule has 0 heterocycles. The predicted octanol–water partition coefficient (Wildman–Crippen LogP) is 2.69. The molecule has 0 aliphatic carbocycles. The van der Waals surface area contributed by atoms with Gasteiger partial charge in [-0.2, -0.15) is 0 Å². The lowest BCUT2D eigenvalue weighted by molar-refractivity contribution is 0.0629. The molecule has 0 saturated heterocycles. The van der Waals surface area contributed by atoms with Gasteiger partial charge in [-0.15, -0.1) is 0 Å². The van der Waals surface area contributed by atoms with Gasteiger partial charge in [-0.25, -0.2) is 0 Å². The molecule has 2 aromatic carbocycles. The summed E-state index contributed by atoms with van der Waals surface area (Å²) >= 11 is 2.21. The monoisotopic (exact) mass is 385 g/mol. The predicted molar refractivity (Wildman–Crippen MR) is 87.0 cm³/mol. The lowest BCUT2D eigenvalue weighted by atomic mass is 10.3. The zero-order chi connectivity index (χ0) is 14.4. The van der Waals surface area contributed by atoms with E-state index in [0.717, 1.165) is 9.32 Å². The fourth-order valence-corrected chi connectivity index (χ4v) is 2.11. The minimum Gasteiger partial charge on any atom is -0.491 e. The minimum atomic E-state index is -0.715. The van der Waals surface area contributed by atoms with E-state index in [1.807, 2.05) is 36.4 Å². The summed E-state index contributed by atoms with van der Waals surface area (Å²) < 4.78 is 12.0. The summed E-state index contributed by atoms with van der Waals surface area (Å²) in [7, 11) is 0. The molecule has 106 valence electrons. The molecule has 0 spiro atoms. The van der Waals surface area contributed by atoms with Crippen molar-refractivity contribution in [1.29, 1.82) is 0 Å². The van der Waals surface area contributed by atoms with Crippen LogP contribution in [0.1, 0.15) is 0 Å². The van der Waals surface area contributed by atoms with Crippen LogP contribution in [0, 0.1) is 3.57 Å². The second kappa shape index (κ2) is 7.35. The number of para-hydroxylation sites is 2. The molecule has 5 heteroatoms. The first kappa shape index (κ1) is 14.9. The summed E-state index contributed by atoms with van der Waals surface area (Å²) in [4.78, 5) is 0. The average molecular weight is 385 g/mol. The summed E-state index contributed by atoms with van der Waals surface area (Å²) in [5.74, 6) is 1.30. The van der Waals surface area contributed by atoms with E-state index in [1.165, 1.54) is 0 Å². The van der Waals surface area contributed by atoms with Crippen molar-refractivity contribution < 1.29 is 14.6 Å². The molecule has 0 amide bonds. The zero-order valence-electron chi connectivity index (χ0n) is 10.8. The molecular weight excluding hydrogens is 369 g/mol. The molecule has 1 unspecified atom stereocenters. The molecule has 0 saturated carbocycles. The largest absolute Gasteiger partial charge is 0.491 e. The Kier molecular flexibility index (Phi) is 5.49. The van der Waals surface area contributed by atoms with Crippen LogP contribution >= 0.6 is 22.6 Å². The number of halogens is 1. The molecule has 0 aliphatic heterocycles. The Hall–Kier alpha value is -1.47. The Morgan fingerprint density at radius 2 is 1.80 bits per heavy atom. The third kappa shape index (κ3) is 4.57. The first-order valence-electron chi connectivity index (χ1n) is 6.19. The van der Waals surface area contributed by atoms with Crippen molar-refractivity contribution in [3.63, 3.8) is 0 Å². The number of hydrogen-bond acceptors (Lipinski definition) is 4. The average Bonchev–Trinajstić information content (AvgIpc) is 2.44. The van der Waals surface area contributed by atoms with Gasteiger partial charge >= 0.3 is 0 Å². The van der Waals surface area contributed by atoms with E-state index in [-0.39, 0.29) is 13.2 Å². The molecule has 4 nitrogen and oxygen atoms in total. The van der Waals surface area contributed by atoms with Crippen LogP contribution in [0.2, 0.25) is 0 Å². The quantitative estimate of drug-likeness (QED) is 0.593. The highest BCUT2D eigenvalue weighted by Gasteiger charge is 2.08. The van der Waals surface area contributed by atoms with E-state index in [4.69, 9.17) is 15.2 Å². The Bertz CT molecular complexity index is 562. The van der Waals surface area contributed by atoms with E-state index in [1.54, 1.807) is 12.1 Å². The molecule has 20 heavy (non-hydrogen) atoms. The van der Waals surface area contributed by atoms with E-state index >= 15 is 0 Å². The third-order valence-electron chi connectivity index (χ3n) is 2.59. The van der Waals surface area contributed by atoms with Crippen LogP contribution in [0.5, 0.6) is 11.5 Å². The number of ether oxygens (including phenoxy) is 2. The number of nitrogen functional groups attached to an aromatic ring is 1. The molecule has 0 aliphatic rings. The molecule has 2 rings (SSSR count). The van der Waals surface area contributed by atoms with Crippen molar-refractivity contribution in [2.24, 2.45) is 0 Å². The highest BCUT2D eigenvalue weighted by atomic mass is 127. The minimum absolute atomic E-state index is 0.137. The highest BCUT2D eigenvalue weighted by Crippen LogP contribution is 2.20. The van der Waals surface area contributed by atoms with Gasteiger partial charge in [0.1, 0.15) is 30.8 Å². The molecule has 0 fully saturated rings. The maximum absolute atomic E-state index is 9.84. The van der Waals surface area contributed by atoms with Crippen molar-refractivity contribution in [2.75, 3.05) is 18.9 Å². The van der Waals surface area contributed by atoms with Crippen LogP contribution in [0.3, 0.4) is 0 Å². The first-order valence-corrected chi connectivity index (χ1v) is 7.27. The summed E-state index contributed by atoms with van der Waals surface area (Å²) in [6.07, 6.45) is -0.715. The molecule has 0 bridgehead atoms. The normalized spacial score (nSPS) is 11.9. The molecule has 0 radical (unpaired) electrons. The van der Waals surface area contributed by atoms with Crippen molar-refractivity contribution >= 4 is 28.3 Å². The number of hydrogen-bond donors (Lipinski definition) is 2. The van der Waals surface area contributed by atoms with Crippen molar-refractivity contribution in [3.05, 3.63) is 52.1 Å². The number of aliphatic hydroxyl groups excluding tert-OH is 1. The summed E-state index contributed by atoms with van der Waals surface area (Å²) in [6.45, 7) is 0.310. The second-order valence-corrected chi connectivity index (χ2v) is 5.52. The fourth-order valence-electron chi connectivity index (χ4n) is 1.60. The van der Waals surface area contributed by atoms with Gasteiger partial charge in [0.05, 0.1) is 5.69 Å². The number of nitrogens with two attached hydrogens (primary N) is 1. The smallest absolute Gasteiger partial charge is 0.142 e. The number of anilines is 1. The lowest BCUT2D eigenvalue weighted by Gasteiger charge is -2.14. The maximum Gasteiger partial charge on any atom is 0.142 e. The van der Waals surface area contributed by atoms with Gasteiger partial charge in [-0.05, 0) is 52.9 Å². The molecule has 1 atom stereocenters. The lowest BCUT2D eigenvalue weighted by Crippen LogP contribution is -2.25. The Balaban J connectivity index is 1.78. The first-order chi connectivity index (χ1) is 9.65. The Morgan fingerprint density at radius 3 is 2.55 bits per heavy atom. The van der Waals surface area contributed by atoms with Crippen LogP contribution in [-0.2, 0) is 0 Å². The van der Waals surface area contributed by atoms with Crippen molar-refractivity contribution in [2.45, 2.75) is 6.10 Å². The van der Waals surface area contributed by atoms with Gasteiger partial charge in [0.2, 0.25) is 0 Å². The van der Waals surface area contributed by atoms with E-state index in [0.29, 0.717) is 11.4 Å². The SMILES string of the molecule is Nc1ccccc1OCC(O)COc1cccc(I)c1. The van der Waals surface area contributed by atoms with Gasteiger partial charge in [0.25, 0.3) is 0 Å². The molecule has 3 N–H and O–H groups in total. The van der Waals surface area contributed by atoms with E-state index < -0.39 is 6.10 Å². The van der Waals surface area contributed by atoms with Crippen LogP contribution in [0.4, 0.5) is 5.69 Å². The summed E-state index contributed by atoms with van der Waals surface area (Å²) in [6, 6.07) is 14.8. The van der Waals surface area contributed by atoms with Gasteiger partial charge in [0.15, 0.2) is 0 Å². The molecule has 0 aromatic heterocycles. The number of rotatable bonds is 6. The highest BCUT2D eigenvalue weighted by molar-refractivity contribution is 14.1. The van der Waals surface area contributed by atoms with Crippen molar-refractivity contribution in [3.8, 4) is 11.5 Å². The van der Waals surface area contributed by atoms with Crippen LogP contribution in [0.25, 0.3) is 0 Å². The topological polar surface area (TPSA) is 64.7 Å². The standard InChI is InChI=1S/C15H16INO3/c16-11-4-3-5-13(8-11)19-9-12(18)10-20-15-7-2-1-6-14(15)17/h1-8,12,18H,9-10,17H2. The van der Waals surface area contributed by atoms with Crippen LogP contribution in [0.15, 0.2) is 48.5 Å². The Labute approximate surface area is 131 Å². The van der Waals surface area contributed by atoms with Gasteiger partial charge in [0, 0.05) is 3.57 Å². The van der Waals surface area contributed by atoms with Gasteiger partial charge in [-0.3, -0.25) is 0 Å². The van der Waals surface area contributed by atoms with Crippen molar-refractivity contribution in [1.82, 2.24) is 0 Å².